The molecule has 18 heavy (non-hydrogen) atoms. The molecule has 0 heterocycles. The number of carbonyl (C=O) groups excluding carboxylic acids is 1. The fourth-order valence-electron chi connectivity index (χ4n) is 1.40. The Kier molecular flexibility index (Phi) is 6.25. The molecule has 0 fully saturated rings. The molecule has 0 spiro atoms. The lowest BCUT2D eigenvalue weighted by atomic mass is 10.2. The van der Waals surface area contributed by atoms with Gasteiger partial charge in [-0.05, 0) is 19.1 Å². The van der Waals surface area contributed by atoms with Crippen LogP contribution in [0.2, 0.25) is 10.0 Å². The van der Waals surface area contributed by atoms with E-state index in [0.29, 0.717) is 30.3 Å². The molecule has 1 aromatic rings. The van der Waals surface area contributed by atoms with Gasteiger partial charge >= 0.3 is 5.97 Å². The van der Waals surface area contributed by atoms with Crippen molar-refractivity contribution in [1.29, 1.82) is 0 Å². The average molecular weight is 292 g/mol. The lowest BCUT2D eigenvalue weighted by molar-refractivity contribution is -0.142. The number of ether oxygens (including phenoxy) is 1. The Bertz CT molecular complexity index is 424. The number of aromatic hydroxyl groups is 1. The Balaban J connectivity index is 2.42. The maximum absolute atomic E-state index is 11.1. The zero-order valence-corrected chi connectivity index (χ0v) is 11.5. The van der Waals surface area contributed by atoms with Crippen molar-refractivity contribution in [1.82, 2.24) is 5.32 Å². The molecule has 0 aromatic heterocycles. The van der Waals surface area contributed by atoms with Gasteiger partial charge in [-0.2, -0.15) is 0 Å². The minimum Gasteiger partial charge on any atom is -0.506 e. The Labute approximate surface area is 116 Å². The highest BCUT2D eigenvalue weighted by Gasteiger charge is 2.08. The number of phenols is 1. The summed E-state index contributed by atoms with van der Waals surface area (Å²) in [7, 11) is 0. The number of benzene rings is 1. The van der Waals surface area contributed by atoms with Crippen molar-refractivity contribution in [3.8, 4) is 5.75 Å². The van der Waals surface area contributed by atoms with E-state index < -0.39 is 0 Å². The summed E-state index contributed by atoms with van der Waals surface area (Å²) in [4.78, 5) is 11.1. The van der Waals surface area contributed by atoms with Crippen molar-refractivity contribution in [3.05, 3.63) is 27.7 Å². The molecule has 1 rings (SSSR count). The summed E-state index contributed by atoms with van der Waals surface area (Å²) in [6.07, 6.45) is 0.281. The highest BCUT2D eigenvalue weighted by molar-refractivity contribution is 6.35. The SMILES string of the molecule is CCOC(=O)CCNCc1cc(Cl)cc(Cl)c1O. The van der Waals surface area contributed by atoms with E-state index in [-0.39, 0.29) is 23.2 Å². The fraction of sp³-hybridized carbons (Fsp3) is 0.417. The molecule has 4 nitrogen and oxygen atoms in total. The number of phenolic OH excluding ortho intramolecular Hbond substituents is 1. The maximum atomic E-state index is 11.1. The lowest BCUT2D eigenvalue weighted by Crippen LogP contribution is -2.19. The molecule has 0 atom stereocenters. The van der Waals surface area contributed by atoms with Crippen molar-refractivity contribution in [2.75, 3.05) is 13.2 Å². The van der Waals surface area contributed by atoms with Gasteiger partial charge < -0.3 is 15.2 Å². The third-order valence-electron chi connectivity index (χ3n) is 2.23. The summed E-state index contributed by atoms with van der Waals surface area (Å²) in [5, 5.41) is 13.4. The van der Waals surface area contributed by atoms with Crippen LogP contribution in [0.15, 0.2) is 12.1 Å². The second-order valence-corrected chi connectivity index (χ2v) is 4.47. The molecule has 0 radical (unpaired) electrons. The molecule has 0 saturated heterocycles. The Hall–Kier alpha value is -0.970. The Morgan fingerprint density at radius 2 is 2.17 bits per heavy atom. The van der Waals surface area contributed by atoms with E-state index in [1.165, 1.54) is 6.07 Å². The van der Waals surface area contributed by atoms with E-state index in [2.05, 4.69) is 5.32 Å². The minimum absolute atomic E-state index is 0.00435. The average Bonchev–Trinajstić information content (AvgIpc) is 2.31. The first-order valence-corrected chi connectivity index (χ1v) is 6.33. The lowest BCUT2D eigenvalue weighted by Gasteiger charge is -2.08. The maximum Gasteiger partial charge on any atom is 0.307 e. The number of esters is 1. The monoisotopic (exact) mass is 291 g/mol. The first-order valence-electron chi connectivity index (χ1n) is 5.57. The Morgan fingerprint density at radius 1 is 1.44 bits per heavy atom. The zero-order valence-electron chi connectivity index (χ0n) is 10.0. The normalized spacial score (nSPS) is 10.4. The fourth-order valence-corrected chi connectivity index (χ4v) is 1.94. The molecule has 0 saturated carbocycles. The summed E-state index contributed by atoms with van der Waals surface area (Å²) >= 11 is 11.6. The molecule has 0 aliphatic heterocycles. The van der Waals surface area contributed by atoms with Crippen molar-refractivity contribution in [2.24, 2.45) is 0 Å². The summed E-state index contributed by atoms with van der Waals surface area (Å²) < 4.78 is 4.79. The summed E-state index contributed by atoms with van der Waals surface area (Å²) in [5.41, 5.74) is 0.594. The van der Waals surface area contributed by atoms with Gasteiger partial charge in [-0.3, -0.25) is 4.79 Å². The van der Waals surface area contributed by atoms with E-state index in [1.807, 2.05) is 0 Å². The number of carbonyl (C=O) groups is 1. The summed E-state index contributed by atoms with van der Waals surface area (Å²) in [6.45, 7) is 2.98. The van der Waals surface area contributed by atoms with Crippen LogP contribution in [0.1, 0.15) is 18.9 Å². The van der Waals surface area contributed by atoms with E-state index in [0.717, 1.165) is 0 Å². The topological polar surface area (TPSA) is 58.6 Å². The first kappa shape index (κ1) is 15.1. The number of halogens is 2. The number of hydrogen-bond donors (Lipinski definition) is 2. The summed E-state index contributed by atoms with van der Waals surface area (Å²) in [5.74, 6) is -0.247. The second kappa shape index (κ2) is 7.46. The van der Waals surface area contributed by atoms with Crippen molar-refractivity contribution in [2.45, 2.75) is 19.9 Å². The van der Waals surface area contributed by atoms with Gasteiger partial charge in [0.1, 0.15) is 5.75 Å². The smallest absolute Gasteiger partial charge is 0.307 e. The Morgan fingerprint density at radius 3 is 2.83 bits per heavy atom. The van der Waals surface area contributed by atoms with Gasteiger partial charge in [-0.1, -0.05) is 23.2 Å². The van der Waals surface area contributed by atoms with Crippen LogP contribution < -0.4 is 5.32 Å². The van der Waals surface area contributed by atoms with E-state index in [9.17, 15) is 9.90 Å². The molecule has 6 heteroatoms. The standard InChI is InChI=1S/C12H15Cl2NO3/c1-2-18-11(16)3-4-15-7-8-5-9(13)6-10(14)12(8)17/h5-6,15,17H,2-4,7H2,1H3. The predicted molar refractivity (Wildman–Crippen MR) is 71.1 cm³/mol. The molecular weight excluding hydrogens is 277 g/mol. The molecule has 0 amide bonds. The van der Waals surface area contributed by atoms with Gasteiger partial charge in [0.2, 0.25) is 0 Å². The molecule has 100 valence electrons. The van der Waals surface area contributed by atoms with Crippen LogP contribution in [0.25, 0.3) is 0 Å². The second-order valence-electron chi connectivity index (χ2n) is 3.63. The van der Waals surface area contributed by atoms with Crippen LogP contribution in [0.4, 0.5) is 0 Å². The highest BCUT2D eigenvalue weighted by atomic mass is 35.5. The van der Waals surface area contributed by atoms with Crippen molar-refractivity contribution < 1.29 is 14.6 Å². The van der Waals surface area contributed by atoms with Crippen LogP contribution in [-0.2, 0) is 16.1 Å². The molecule has 0 bridgehead atoms. The highest BCUT2D eigenvalue weighted by Crippen LogP contribution is 2.30. The number of hydrogen-bond acceptors (Lipinski definition) is 4. The molecule has 0 unspecified atom stereocenters. The zero-order chi connectivity index (χ0) is 13.5. The van der Waals surface area contributed by atoms with Gasteiger partial charge in [0.15, 0.2) is 0 Å². The number of nitrogens with one attached hydrogen (secondary N) is 1. The molecule has 0 aliphatic carbocycles. The molecular formula is C12H15Cl2NO3. The predicted octanol–water partition coefficient (Wildman–Crippen LogP) is 2.74. The molecule has 0 aliphatic rings. The quantitative estimate of drug-likeness (QED) is 0.625. The van der Waals surface area contributed by atoms with Gasteiger partial charge in [0, 0.05) is 23.7 Å². The van der Waals surface area contributed by atoms with Crippen LogP contribution >= 0.6 is 23.2 Å². The van der Waals surface area contributed by atoms with Gasteiger partial charge in [0.25, 0.3) is 0 Å². The largest absolute Gasteiger partial charge is 0.506 e. The minimum atomic E-state index is -0.252. The first-order chi connectivity index (χ1) is 8.54. The van der Waals surface area contributed by atoms with Crippen LogP contribution in [0, 0.1) is 0 Å². The molecule has 1 aromatic carbocycles. The van der Waals surface area contributed by atoms with Gasteiger partial charge in [0.05, 0.1) is 18.1 Å². The van der Waals surface area contributed by atoms with Crippen molar-refractivity contribution in [3.63, 3.8) is 0 Å². The van der Waals surface area contributed by atoms with E-state index in [1.54, 1.807) is 13.0 Å². The van der Waals surface area contributed by atoms with Crippen LogP contribution in [0.3, 0.4) is 0 Å². The number of rotatable bonds is 6. The van der Waals surface area contributed by atoms with Crippen LogP contribution in [0.5, 0.6) is 5.75 Å². The van der Waals surface area contributed by atoms with Gasteiger partial charge in [-0.25, -0.2) is 0 Å². The third-order valence-corrected chi connectivity index (χ3v) is 2.74. The van der Waals surface area contributed by atoms with Crippen LogP contribution in [-0.4, -0.2) is 24.2 Å². The van der Waals surface area contributed by atoms with E-state index in [4.69, 9.17) is 27.9 Å². The van der Waals surface area contributed by atoms with Gasteiger partial charge in [-0.15, -0.1) is 0 Å². The van der Waals surface area contributed by atoms with Crippen molar-refractivity contribution >= 4 is 29.2 Å². The molecule has 2 N–H and O–H groups in total. The van der Waals surface area contributed by atoms with E-state index >= 15 is 0 Å². The summed E-state index contributed by atoms with van der Waals surface area (Å²) in [6, 6.07) is 3.10. The third kappa shape index (κ3) is 4.72.